The Morgan fingerprint density at radius 3 is 2.24 bits per heavy atom. The van der Waals surface area contributed by atoms with Gasteiger partial charge < -0.3 is 20.1 Å². The van der Waals surface area contributed by atoms with E-state index in [0.717, 1.165) is 12.0 Å². The molecule has 2 aromatic rings. The van der Waals surface area contributed by atoms with Gasteiger partial charge in [0.15, 0.2) is 0 Å². The number of carbonyl (C=O) groups excluding carboxylic acids is 2. The summed E-state index contributed by atoms with van der Waals surface area (Å²) in [5.41, 5.74) is 1.36. The first-order valence-electron chi connectivity index (χ1n) is 9.79. The Morgan fingerprint density at radius 1 is 0.966 bits per heavy atom. The van der Waals surface area contributed by atoms with Crippen LogP contribution < -0.4 is 20.1 Å². The van der Waals surface area contributed by atoms with E-state index in [-0.39, 0.29) is 23.8 Å². The maximum absolute atomic E-state index is 13.0. The lowest BCUT2D eigenvalue weighted by Crippen LogP contribution is -2.50. The molecule has 0 spiro atoms. The lowest BCUT2D eigenvalue weighted by atomic mass is 9.97. The number of carbonyl (C=O) groups is 2. The zero-order chi connectivity index (χ0) is 21.4. The molecule has 0 saturated carbocycles. The third-order valence-electron chi connectivity index (χ3n) is 5.08. The number of amides is 2. The number of rotatable bonds is 9. The fraction of sp³-hybridized carbons (Fsp3) is 0.391. The summed E-state index contributed by atoms with van der Waals surface area (Å²) in [7, 11) is 3.17. The molecule has 2 aromatic carbocycles. The van der Waals surface area contributed by atoms with Crippen LogP contribution in [0.15, 0.2) is 48.5 Å². The minimum absolute atomic E-state index is 0.0207. The van der Waals surface area contributed by atoms with Crippen molar-refractivity contribution in [2.24, 2.45) is 5.92 Å². The zero-order valence-electron chi connectivity index (χ0n) is 17.7. The van der Waals surface area contributed by atoms with Crippen LogP contribution >= 0.6 is 0 Å². The third kappa shape index (κ3) is 5.73. The van der Waals surface area contributed by atoms with Crippen LogP contribution in [0, 0.1) is 5.92 Å². The molecule has 0 saturated heterocycles. The number of benzene rings is 2. The molecule has 6 nitrogen and oxygen atoms in total. The van der Waals surface area contributed by atoms with Crippen molar-refractivity contribution in [1.29, 1.82) is 0 Å². The summed E-state index contributed by atoms with van der Waals surface area (Å²) in [6.07, 6.45) is 0.757. The normalized spacial score (nSPS) is 13.7. The standard InChI is InChI=1S/C23H30N2O4/c1-6-15(2)21(25-22(26)17-10-8-7-9-11-17)23(27)24-16(3)19-13-12-18(28-4)14-20(19)29-5/h7-16,21H,6H2,1-5H3,(H,24,27)(H,25,26). The molecule has 2 amide bonds. The highest BCUT2D eigenvalue weighted by Gasteiger charge is 2.28. The van der Waals surface area contributed by atoms with E-state index in [9.17, 15) is 9.59 Å². The molecule has 0 bridgehead atoms. The fourth-order valence-electron chi connectivity index (χ4n) is 3.07. The minimum atomic E-state index is -0.639. The van der Waals surface area contributed by atoms with Gasteiger partial charge in [-0.25, -0.2) is 0 Å². The van der Waals surface area contributed by atoms with Crippen molar-refractivity contribution in [1.82, 2.24) is 10.6 Å². The topological polar surface area (TPSA) is 76.7 Å². The van der Waals surface area contributed by atoms with Crippen LogP contribution in [0.1, 0.15) is 49.2 Å². The van der Waals surface area contributed by atoms with Gasteiger partial charge in [-0.2, -0.15) is 0 Å². The monoisotopic (exact) mass is 398 g/mol. The number of ether oxygens (including phenoxy) is 2. The van der Waals surface area contributed by atoms with E-state index in [1.165, 1.54) is 0 Å². The van der Waals surface area contributed by atoms with Crippen LogP contribution in [0.5, 0.6) is 11.5 Å². The van der Waals surface area contributed by atoms with Crippen molar-refractivity contribution in [3.8, 4) is 11.5 Å². The number of hydrogen-bond donors (Lipinski definition) is 2. The van der Waals surface area contributed by atoms with Gasteiger partial charge in [0.2, 0.25) is 5.91 Å². The molecular formula is C23H30N2O4. The van der Waals surface area contributed by atoms with E-state index in [1.807, 2.05) is 39.0 Å². The van der Waals surface area contributed by atoms with E-state index >= 15 is 0 Å². The van der Waals surface area contributed by atoms with Gasteiger partial charge in [0.1, 0.15) is 17.5 Å². The van der Waals surface area contributed by atoms with Crippen LogP contribution in [-0.4, -0.2) is 32.1 Å². The van der Waals surface area contributed by atoms with Crippen molar-refractivity contribution < 1.29 is 19.1 Å². The highest BCUT2D eigenvalue weighted by Crippen LogP contribution is 2.29. The van der Waals surface area contributed by atoms with Gasteiger partial charge in [0, 0.05) is 17.2 Å². The summed E-state index contributed by atoms with van der Waals surface area (Å²) >= 11 is 0. The van der Waals surface area contributed by atoms with E-state index < -0.39 is 6.04 Å². The lowest BCUT2D eigenvalue weighted by Gasteiger charge is -2.26. The Labute approximate surface area is 172 Å². The molecule has 2 N–H and O–H groups in total. The number of methoxy groups -OCH3 is 2. The molecule has 29 heavy (non-hydrogen) atoms. The molecule has 156 valence electrons. The van der Waals surface area contributed by atoms with Crippen molar-refractivity contribution >= 4 is 11.8 Å². The summed E-state index contributed by atoms with van der Waals surface area (Å²) in [5, 5.41) is 5.89. The summed E-state index contributed by atoms with van der Waals surface area (Å²) in [5.74, 6) is 0.796. The van der Waals surface area contributed by atoms with Gasteiger partial charge in [-0.05, 0) is 37.1 Å². The molecule has 0 radical (unpaired) electrons. The molecule has 0 aliphatic heterocycles. The van der Waals surface area contributed by atoms with Crippen LogP contribution in [0.3, 0.4) is 0 Å². The van der Waals surface area contributed by atoms with Crippen LogP contribution in [-0.2, 0) is 4.79 Å². The number of hydrogen-bond acceptors (Lipinski definition) is 4. The van der Waals surface area contributed by atoms with Gasteiger partial charge in [0.05, 0.1) is 20.3 Å². The average Bonchev–Trinajstić information content (AvgIpc) is 2.76. The van der Waals surface area contributed by atoms with Gasteiger partial charge >= 0.3 is 0 Å². The Bertz CT molecular complexity index is 823. The van der Waals surface area contributed by atoms with E-state index in [4.69, 9.17) is 9.47 Å². The van der Waals surface area contributed by atoms with Crippen LogP contribution in [0.2, 0.25) is 0 Å². The van der Waals surface area contributed by atoms with Crippen molar-refractivity contribution in [3.05, 3.63) is 59.7 Å². The second kappa shape index (κ2) is 10.5. The Kier molecular flexibility index (Phi) is 8.07. The first-order valence-corrected chi connectivity index (χ1v) is 9.79. The first-order chi connectivity index (χ1) is 13.9. The Balaban J connectivity index is 2.16. The second-order valence-electron chi connectivity index (χ2n) is 7.04. The van der Waals surface area contributed by atoms with Crippen molar-refractivity contribution in [2.75, 3.05) is 14.2 Å². The average molecular weight is 399 g/mol. The Hall–Kier alpha value is -3.02. The highest BCUT2D eigenvalue weighted by atomic mass is 16.5. The smallest absolute Gasteiger partial charge is 0.251 e. The van der Waals surface area contributed by atoms with Gasteiger partial charge in [-0.1, -0.05) is 38.5 Å². The highest BCUT2D eigenvalue weighted by molar-refractivity contribution is 5.97. The second-order valence-corrected chi connectivity index (χ2v) is 7.04. The fourth-order valence-corrected chi connectivity index (χ4v) is 3.07. The van der Waals surface area contributed by atoms with Gasteiger partial charge in [-0.15, -0.1) is 0 Å². The summed E-state index contributed by atoms with van der Waals surface area (Å²) in [6.45, 7) is 5.83. The SMILES string of the molecule is CCC(C)C(NC(=O)c1ccccc1)C(=O)NC(C)c1ccc(OC)cc1OC. The molecule has 2 rings (SSSR count). The maximum Gasteiger partial charge on any atom is 0.251 e. The quantitative estimate of drug-likeness (QED) is 0.675. The first kappa shape index (κ1) is 22.3. The molecule has 0 heterocycles. The maximum atomic E-state index is 13.0. The van der Waals surface area contributed by atoms with Crippen molar-refractivity contribution in [2.45, 2.75) is 39.3 Å². The number of nitrogens with one attached hydrogen (secondary N) is 2. The van der Waals surface area contributed by atoms with Crippen LogP contribution in [0.4, 0.5) is 0 Å². The van der Waals surface area contributed by atoms with Gasteiger partial charge in [0.25, 0.3) is 5.91 Å². The molecular weight excluding hydrogens is 368 g/mol. The molecule has 6 heteroatoms. The van der Waals surface area contributed by atoms with E-state index in [2.05, 4.69) is 10.6 Å². The minimum Gasteiger partial charge on any atom is -0.497 e. The summed E-state index contributed by atoms with van der Waals surface area (Å²) in [4.78, 5) is 25.6. The molecule has 3 unspecified atom stereocenters. The largest absolute Gasteiger partial charge is 0.497 e. The van der Waals surface area contributed by atoms with E-state index in [0.29, 0.717) is 17.1 Å². The summed E-state index contributed by atoms with van der Waals surface area (Å²) in [6, 6.07) is 13.4. The molecule has 0 fully saturated rings. The predicted molar refractivity (Wildman–Crippen MR) is 113 cm³/mol. The third-order valence-corrected chi connectivity index (χ3v) is 5.08. The predicted octanol–water partition coefficient (Wildman–Crippen LogP) is 3.73. The lowest BCUT2D eigenvalue weighted by molar-refractivity contribution is -0.124. The molecule has 0 aliphatic rings. The molecule has 0 aromatic heterocycles. The van der Waals surface area contributed by atoms with Crippen LogP contribution in [0.25, 0.3) is 0 Å². The molecule has 0 aliphatic carbocycles. The Morgan fingerprint density at radius 2 is 1.66 bits per heavy atom. The zero-order valence-corrected chi connectivity index (χ0v) is 17.7. The van der Waals surface area contributed by atoms with Gasteiger partial charge in [-0.3, -0.25) is 9.59 Å². The molecule has 3 atom stereocenters. The van der Waals surface area contributed by atoms with E-state index in [1.54, 1.807) is 44.6 Å². The summed E-state index contributed by atoms with van der Waals surface area (Å²) < 4.78 is 10.7. The van der Waals surface area contributed by atoms with Crippen molar-refractivity contribution in [3.63, 3.8) is 0 Å².